The summed E-state index contributed by atoms with van der Waals surface area (Å²) in [6, 6.07) is 16.7. The first kappa shape index (κ1) is 19.5. The molecule has 0 fully saturated rings. The third kappa shape index (κ3) is 3.96. The second-order valence-corrected chi connectivity index (χ2v) is 9.64. The van der Waals surface area contributed by atoms with E-state index >= 15 is 0 Å². The van der Waals surface area contributed by atoms with Gasteiger partial charge in [0.15, 0.2) is 9.84 Å². The van der Waals surface area contributed by atoms with Crippen LogP contribution < -0.4 is 0 Å². The molecule has 1 amide bonds. The Morgan fingerprint density at radius 1 is 1.00 bits per heavy atom. The maximum atomic E-state index is 13.3. The quantitative estimate of drug-likeness (QED) is 0.478. The third-order valence-electron chi connectivity index (χ3n) is 5.53. The first-order valence-electron chi connectivity index (χ1n) is 9.98. The van der Waals surface area contributed by atoms with Gasteiger partial charge in [0.2, 0.25) is 5.91 Å². The van der Waals surface area contributed by atoms with Gasteiger partial charge in [-0.15, -0.1) is 0 Å². The van der Waals surface area contributed by atoms with E-state index in [4.69, 9.17) is 4.42 Å². The molecule has 0 N–H and O–H groups in total. The van der Waals surface area contributed by atoms with Gasteiger partial charge in [0.1, 0.15) is 11.2 Å². The Balaban J connectivity index is 1.45. The molecule has 0 bridgehead atoms. The summed E-state index contributed by atoms with van der Waals surface area (Å²) >= 11 is 0. The van der Waals surface area contributed by atoms with Crippen molar-refractivity contribution in [3.05, 3.63) is 89.6 Å². The number of hydrogen-bond acceptors (Lipinski definition) is 5. The van der Waals surface area contributed by atoms with Crippen molar-refractivity contribution in [2.45, 2.75) is 19.0 Å². The molecule has 0 aliphatic carbocycles. The fourth-order valence-corrected chi connectivity index (χ4v) is 5.29. The molecule has 0 spiro atoms. The molecule has 2 aromatic heterocycles. The van der Waals surface area contributed by atoms with Crippen molar-refractivity contribution in [3.8, 4) is 0 Å². The van der Waals surface area contributed by atoms with E-state index in [2.05, 4.69) is 4.98 Å². The topological polar surface area (TPSA) is 80.5 Å². The number of pyridine rings is 1. The van der Waals surface area contributed by atoms with Crippen molar-refractivity contribution in [2.24, 2.45) is 0 Å². The number of carbonyl (C=O) groups is 1. The fraction of sp³-hybridized carbons (Fsp3) is 0.167. The second kappa shape index (κ2) is 7.67. The molecule has 0 saturated heterocycles. The van der Waals surface area contributed by atoms with Gasteiger partial charge in [-0.3, -0.25) is 9.78 Å². The molecule has 2 aromatic carbocycles. The van der Waals surface area contributed by atoms with E-state index in [1.54, 1.807) is 23.4 Å². The monoisotopic (exact) mass is 432 g/mol. The molecule has 7 heteroatoms. The Kier molecular flexibility index (Phi) is 4.82. The Morgan fingerprint density at radius 2 is 1.77 bits per heavy atom. The van der Waals surface area contributed by atoms with E-state index in [1.165, 1.54) is 5.41 Å². The van der Waals surface area contributed by atoms with E-state index in [-0.39, 0.29) is 18.1 Å². The predicted molar refractivity (Wildman–Crippen MR) is 119 cm³/mol. The summed E-state index contributed by atoms with van der Waals surface area (Å²) in [6.07, 6.45) is 5.10. The van der Waals surface area contributed by atoms with Crippen LogP contribution in [0.25, 0.3) is 21.9 Å². The summed E-state index contributed by atoms with van der Waals surface area (Å²) in [5.41, 5.74) is 3.34. The van der Waals surface area contributed by atoms with Crippen molar-refractivity contribution in [3.63, 3.8) is 0 Å². The number of para-hydroxylation sites is 1. The van der Waals surface area contributed by atoms with Crippen molar-refractivity contribution in [1.29, 1.82) is 0 Å². The van der Waals surface area contributed by atoms with Crippen molar-refractivity contribution in [1.82, 2.24) is 9.88 Å². The molecule has 4 aromatic rings. The Hall–Kier alpha value is -3.45. The van der Waals surface area contributed by atoms with Gasteiger partial charge in [0.05, 0.1) is 18.2 Å². The molecule has 1 atom stereocenters. The number of nitrogens with zero attached hydrogens (tertiary/aromatic N) is 2. The zero-order valence-corrected chi connectivity index (χ0v) is 17.5. The van der Waals surface area contributed by atoms with E-state index in [0.717, 1.165) is 33.1 Å². The number of aromatic nitrogens is 1. The number of furan rings is 1. The zero-order valence-electron chi connectivity index (χ0n) is 16.6. The number of sulfone groups is 1. The number of carbonyl (C=O) groups excluding carboxylic acids is 1. The lowest BCUT2D eigenvalue weighted by atomic mass is 10.1. The van der Waals surface area contributed by atoms with Gasteiger partial charge < -0.3 is 9.32 Å². The van der Waals surface area contributed by atoms with Crippen molar-refractivity contribution in [2.75, 3.05) is 5.75 Å². The minimum Gasteiger partial charge on any atom is -0.456 e. The van der Waals surface area contributed by atoms with Crippen LogP contribution >= 0.6 is 0 Å². The average Bonchev–Trinajstić information content (AvgIpc) is 3.32. The van der Waals surface area contributed by atoms with Gasteiger partial charge in [0, 0.05) is 35.1 Å². The molecular formula is C24H20N2O4S. The van der Waals surface area contributed by atoms with Crippen LogP contribution in [0.1, 0.15) is 11.1 Å². The lowest BCUT2D eigenvalue weighted by molar-refractivity contribution is -0.132. The van der Waals surface area contributed by atoms with Crippen LogP contribution in [0.2, 0.25) is 0 Å². The molecule has 156 valence electrons. The predicted octanol–water partition coefficient (Wildman–Crippen LogP) is 3.86. The van der Waals surface area contributed by atoms with Crippen LogP contribution in [0.3, 0.4) is 0 Å². The highest BCUT2D eigenvalue weighted by atomic mass is 32.2. The van der Waals surface area contributed by atoms with E-state index in [9.17, 15) is 13.2 Å². The highest BCUT2D eigenvalue weighted by Gasteiger charge is 2.30. The molecule has 6 nitrogen and oxygen atoms in total. The summed E-state index contributed by atoms with van der Waals surface area (Å²) in [7, 11) is -3.28. The van der Waals surface area contributed by atoms with E-state index in [0.29, 0.717) is 6.54 Å². The van der Waals surface area contributed by atoms with Crippen LogP contribution in [0, 0.1) is 0 Å². The number of fused-ring (bicyclic) bond motifs is 3. The maximum Gasteiger partial charge on any atom is 0.227 e. The van der Waals surface area contributed by atoms with Gasteiger partial charge in [-0.2, -0.15) is 0 Å². The first-order valence-corrected chi connectivity index (χ1v) is 11.7. The number of benzene rings is 2. The highest BCUT2D eigenvalue weighted by Crippen LogP contribution is 2.29. The Labute approximate surface area is 179 Å². The molecule has 3 heterocycles. The molecule has 0 radical (unpaired) electrons. The largest absolute Gasteiger partial charge is 0.456 e. The van der Waals surface area contributed by atoms with Crippen molar-refractivity contribution < 1.29 is 17.6 Å². The van der Waals surface area contributed by atoms with Crippen LogP contribution in [-0.2, 0) is 27.6 Å². The fourth-order valence-electron chi connectivity index (χ4n) is 3.99. The van der Waals surface area contributed by atoms with Crippen LogP contribution in [0.5, 0.6) is 0 Å². The maximum absolute atomic E-state index is 13.3. The molecule has 31 heavy (non-hydrogen) atoms. The van der Waals surface area contributed by atoms with E-state index < -0.39 is 15.9 Å². The van der Waals surface area contributed by atoms with Crippen LogP contribution in [0.15, 0.2) is 82.9 Å². The summed E-state index contributed by atoms with van der Waals surface area (Å²) < 4.78 is 29.8. The molecule has 5 rings (SSSR count). The van der Waals surface area contributed by atoms with E-state index in [1.807, 2.05) is 54.6 Å². The third-order valence-corrected chi connectivity index (χ3v) is 6.91. The molecule has 1 aliphatic rings. The standard InChI is InChI=1S/C24H20N2O4S/c27-24(14-18-5-6-23-21(13-18)20-3-1-2-4-22(20)30-23)26(15-17-7-10-25-11-8-17)19-9-12-31(28,29)16-19/h1-13,19H,14-16H2. The molecule has 0 saturated carbocycles. The minimum absolute atomic E-state index is 0.0881. The van der Waals surface area contributed by atoms with Crippen LogP contribution in [0.4, 0.5) is 0 Å². The SMILES string of the molecule is O=C(Cc1ccc2oc3ccccc3c2c1)N(Cc1ccncc1)C1C=CS(=O)(=O)C1. The van der Waals surface area contributed by atoms with Gasteiger partial charge >= 0.3 is 0 Å². The van der Waals surface area contributed by atoms with Gasteiger partial charge in [0.25, 0.3) is 0 Å². The summed E-state index contributed by atoms with van der Waals surface area (Å²) in [4.78, 5) is 19.0. The number of amides is 1. The summed E-state index contributed by atoms with van der Waals surface area (Å²) in [6.45, 7) is 0.322. The molecule has 1 unspecified atom stereocenters. The lowest BCUT2D eigenvalue weighted by Gasteiger charge is -2.28. The average molecular weight is 433 g/mol. The second-order valence-electron chi connectivity index (χ2n) is 7.71. The Bertz CT molecular complexity index is 1410. The molecular weight excluding hydrogens is 412 g/mol. The lowest BCUT2D eigenvalue weighted by Crippen LogP contribution is -2.41. The number of rotatable bonds is 5. The minimum atomic E-state index is -3.28. The van der Waals surface area contributed by atoms with Crippen LogP contribution in [-0.4, -0.2) is 36.0 Å². The number of hydrogen-bond donors (Lipinski definition) is 0. The summed E-state index contributed by atoms with van der Waals surface area (Å²) in [5.74, 6) is -0.217. The normalized spacial score (nSPS) is 17.4. The van der Waals surface area contributed by atoms with Gasteiger partial charge in [-0.05, 0) is 47.5 Å². The van der Waals surface area contributed by atoms with Gasteiger partial charge in [-0.1, -0.05) is 24.3 Å². The van der Waals surface area contributed by atoms with Crippen molar-refractivity contribution >= 4 is 37.7 Å². The Morgan fingerprint density at radius 3 is 2.55 bits per heavy atom. The molecule has 1 aliphatic heterocycles. The van der Waals surface area contributed by atoms with Gasteiger partial charge in [-0.25, -0.2) is 8.42 Å². The smallest absolute Gasteiger partial charge is 0.227 e. The zero-order chi connectivity index (χ0) is 21.4. The first-order chi connectivity index (χ1) is 15.0. The summed E-state index contributed by atoms with van der Waals surface area (Å²) in [5, 5.41) is 3.17. The highest BCUT2D eigenvalue weighted by molar-refractivity contribution is 7.94.